The molecule has 1 saturated heterocycles. The van der Waals surface area contributed by atoms with Crippen molar-refractivity contribution in [3.05, 3.63) is 34.9 Å². The summed E-state index contributed by atoms with van der Waals surface area (Å²) in [5.41, 5.74) is 4.44. The normalized spacial score (nSPS) is 24.9. The van der Waals surface area contributed by atoms with E-state index in [9.17, 15) is 0 Å². The Kier molecular flexibility index (Phi) is 2.36. The van der Waals surface area contributed by atoms with Gasteiger partial charge in [0.15, 0.2) is 5.79 Å². The maximum absolute atomic E-state index is 5.80. The van der Waals surface area contributed by atoms with Crippen LogP contribution in [0.3, 0.4) is 0 Å². The van der Waals surface area contributed by atoms with Gasteiger partial charge >= 0.3 is 0 Å². The fraction of sp³-hybridized carbons (Fsp3) is 0.600. The van der Waals surface area contributed by atoms with Crippen LogP contribution in [0.15, 0.2) is 18.2 Å². The lowest BCUT2D eigenvalue weighted by Crippen LogP contribution is -2.24. The van der Waals surface area contributed by atoms with Gasteiger partial charge in [0.25, 0.3) is 0 Å². The Morgan fingerprint density at radius 3 is 2.35 bits per heavy atom. The van der Waals surface area contributed by atoms with E-state index >= 15 is 0 Å². The van der Waals surface area contributed by atoms with E-state index in [1.807, 2.05) is 6.92 Å². The predicted molar refractivity (Wildman–Crippen MR) is 67.0 cm³/mol. The van der Waals surface area contributed by atoms with Gasteiger partial charge < -0.3 is 9.47 Å². The van der Waals surface area contributed by atoms with Gasteiger partial charge in [0.05, 0.1) is 13.2 Å². The van der Waals surface area contributed by atoms with Gasteiger partial charge in [-0.2, -0.15) is 0 Å². The number of rotatable bonds is 1. The van der Waals surface area contributed by atoms with Crippen molar-refractivity contribution in [1.82, 2.24) is 0 Å². The second kappa shape index (κ2) is 3.56. The van der Waals surface area contributed by atoms with Crippen LogP contribution in [0.2, 0.25) is 0 Å². The van der Waals surface area contributed by atoms with Crippen molar-refractivity contribution in [3.8, 4) is 0 Å². The van der Waals surface area contributed by atoms with Crippen LogP contribution in [0.4, 0.5) is 0 Å². The largest absolute Gasteiger partial charge is 0.344 e. The maximum atomic E-state index is 5.80. The molecule has 0 atom stereocenters. The zero-order valence-electron chi connectivity index (χ0n) is 10.9. The molecular formula is C15H20O2. The van der Waals surface area contributed by atoms with Gasteiger partial charge in [0, 0.05) is 5.56 Å². The molecule has 0 radical (unpaired) electrons. The molecule has 92 valence electrons. The monoisotopic (exact) mass is 232 g/mol. The summed E-state index contributed by atoms with van der Waals surface area (Å²) < 4.78 is 11.6. The minimum absolute atomic E-state index is 0.292. The highest BCUT2D eigenvalue weighted by Gasteiger charge is 2.39. The van der Waals surface area contributed by atoms with Crippen LogP contribution in [0.25, 0.3) is 0 Å². The van der Waals surface area contributed by atoms with Crippen LogP contribution in [-0.2, 0) is 27.1 Å². The summed E-state index contributed by atoms with van der Waals surface area (Å²) in [6, 6.07) is 6.55. The van der Waals surface area contributed by atoms with Gasteiger partial charge in [-0.05, 0) is 36.3 Å². The molecule has 2 nitrogen and oxygen atoms in total. The van der Waals surface area contributed by atoms with Crippen molar-refractivity contribution < 1.29 is 9.47 Å². The maximum Gasteiger partial charge on any atom is 0.192 e. The molecule has 0 unspecified atom stereocenters. The first-order chi connectivity index (χ1) is 8.03. The molecule has 0 saturated carbocycles. The minimum Gasteiger partial charge on any atom is -0.344 e. The summed E-state index contributed by atoms with van der Waals surface area (Å²) in [5, 5.41) is 0. The molecule has 0 aromatic heterocycles. The van der Waals surface area contributed by atoms with Gasteiger partial charge in [0.1, 0.15) is 0 Å². The molecule has 0 N–H and O–H groups in total. The van der Waals surface area contributed by atoms with Gasteiger partial charge in [-0.3, -0.25) is 0 Å². The average Bonchev–Trinajstić information content (AvgIpc) is 2.85. The molecule has 0 bridgehead atoms. The van der Waals surface area contributed by atoms with E-state index in [0.29, 0.717) is 18.6 Å². The van der Waals surface area contributed by atoms with Crippen LogP contribution in [-0.4, -0.2) is 13.2 Å². The topological polar surface area (TPSA) is 18.5 Å². The average molecular weight is 232 g/mol. The summed E-state index contributed by atoms with van der Waals surface area (Å²) in [7, 11) is 0. The third-order valence-corrected chi connectivity index (χ3v) is 4.23. The van der Waals surface area contributed by atoms with E-state index in [1.54, 1.807) is 0 Å². The van der Waals surface area contributed by atoms with Gasteiger partial charge in [0.2, 0.25) is 0 Å². The highest BCUT2D eigenvalue weighted by Crippen LogP contribution is 2.44. The van der Waals surface area contributed by atoms with Crippen molar-refractivity contribution in [2.24, 2.45) is 0 Å². The minimum atomic E-state index is -0.522. The van der Waals surface area contributed by atoms with E-state index in [4.69, 9.17) is 9.47 Å². The fourth-order valence-electron chi connectivity index (χ4n) is 3.16. The molecule has 1 aliphatic carbocycles. The van der Waals surface area contributed by atoms with Crippen molar-refractivity contribution >= 4 is 0 Å². The zero-order chi connectivity index (χ0) is 12.1. The number of hydrogen-bond donors (Lipinski definition) is 0. The summed E-state index contributed by atoms with van der Waals surface area (Å²) in [6.45, 7) is 8.08. The van der Waals surface area contributed by atoms with Crippen molar-refractivity contribution in [3.63, 3.8) is 0 Å². The SMILES string of the molecule is CC1(C)CCc2c1cccc2C1(C)OCCO1. The molecule has 0 spiro atoms. The Labute approximate surface area is 103 Å². The smallest absolute Gasteiger partial charge is 0.192 e. The lowest BCUT2D eigenvalue weighted by molar-refractivity contribution is -0.150. The molecule has 1 aromatic carbocycles. The first-order valence-corrected chi connectivity index (χ1v) is 6.44. The first kappa shape index (κ1) is 11.2. The van der Waals surface area contributed by atoms with Gasteiger partial charge in [-0.15, -0.1) is 0 Å². The lowest BCUT2D eigenvalue weighted by Gasteiger charge is -2.26. The van der Waals surface area contributed by atoms with E-state index in [2.05, 4.69) is 32.0 Å². The highest BCUT2D eigenvalue weighted by molar-refractivity contribution is 5.45. The number of ether oxygens (including phenoxy) is 2. The number of hydrogen-bond acceptors (Lipinski definition) is 2. The third-order valence-electron chi connectivity index (χ3n) is 4.23. The summed E-state index contributed by atoms with van der Waals surface area (Å²) >= 11 is 0. The second-order valence-electron chi connectivity index (χ2n) is 5.86. The van der Waals surface area contributed by atoms with E-state index in [-0.39, 0.29) is 0 Å². The molecule has 3 rings (SSSR count). The molecule has 1 aromatic rings. The first-order valence-electron chi connectivity index (χ1n) is 6.44. The molecule has 2 aliphatic rings. The van der Waals surface area contributed by atoms with Crippen LogP contribution in [0, 0.1) is 0 Å². The summed E-state index contributed by atoms with van der Waals surface area (Å²) in [4.78, 5) is 0. The summed E-state index contributed by atoms with van der Waals surface area (Å²) in [6.07, 6.45) is 2.36. The Morgan fingerprint density at radius 2 is 1.65 bits per heavy atom. The predicted octanol–water partition coefficient (Wildman–Crippen LogP) is 3.13. The molecule has 2 heteroatoms. The highest BCUT2D eigenvalue weighted by atomic mass is 16.7. The van der Waals surface area contributed by atoms with E-state index in [0.717, 1.165) is 6.42 Å². The van der Waals surface area contributed by atoms with Crippen LogP contribution >= 0.6 is 0 Å². The van der Waals surface area contributed by atoms with Crippen LogP contribution < -0.4 is 0 Å². The molecular weight excluding hydrogens is 212 g/mol. The standard InChI is InChI=1S/C15H20O2/c1-14(2)8-7-11-12(14)5-4-6-13(11)15(3)16-9-10-17-15/h4-6H,7-10H2,1-3H3. The molecule has 1 heterocycles. The van der Waals surface area contributed by atoms with E-state index < -0.39 is 5.79 Å². The van der Waals surface area contributed by atoms with Crippen LogP contribution in [0.5, 0.6) is 0 Å². The molecule has 1 fully saturated rings. The molecule has 1 aliphatic heterocycles. The fourth-order valence-corrected chi connectivity index (χ4v) is 3.16. The van der Waals surface area contributed by atoms with Crippen LogP contribution in [0.1, 0.15) is 43.9 Å². The van der Waals surface area contributed by atoms with Gasteiger partial charge in [-0.1, -0.05) is 32.0 Å². The van der Waals surface area contributed by atoms with Crippen molar-refractivity contribution in [2.45, 2.75) is 44.8 Å². The Morgan fingerprint density at radius 1 is 1.00 bits per heavy atom. The molecule has 0 amide bonds. The van der Waals surface area contributed by atoms with Crippen molar-refractivity contribution in [2.75, 3.05) is 13.2 Å². The Bertz CT molecular complexity index is 442. The van der Waals surface area contributed by atoms with Crippen molar-refractivity contribution in [1.29, 1.82) is 0 Å². The quantitative estimate of drug-likeness (QED) is 0.740. The molecule has 17 heavy (non-hydrogen) atoms. The van der Waals surface area contributed by atoms with E-state index in [1.165, 1.54) is 23.1 Å². The zero-order valence-corrected chi connectivity index (χ0v) is 10.9. The lowest BCUT2D eigenvalue weighted by atomic mass is 9.85. The Hall–Kier alpha value is -0.860. The Balaban J connectivity index is 2.11. The second-order valence-corrected chi connectivity index (χ2v) is 5.86. The third kappa shape index (κ3) is 1.62. The summed E-state index contributed by atoms with van der Waals surface area (Å²) in [5.74, 6) is -0.522. The number of fused-ring (bicyclic) bond motifs is 1. The number of benzene rings is 1. The van der Waals surface area contributed by atoms with Gasteiger partial charge in [-0.25, -0.2) is 0 Å².